The Morgan fingerprint density at radius 1 is 1.05 bits per heavy atom. The fourth-order valence-corrected chi connectivity index (χ4v) is 2.40. The van der Waals surface area contributed by atoms with Crippen LogP contribution in [0.2, 0.25) is 0 Å². The molecule has 0 saturated carbocycles. The Kier molecular flexibility index (Phi) is 4.31. The monoisotopic (exact) mass is 257 g/mol. The SMILES string of the molecule is CCc1ccc(C(c2ccc(F)cc2)C(C)C)nc1. The van der Waals surface area contributed by atoms with Crippen LogP contribution in [0.3, 0.4) is 0 Å². The molecule has 1 heterocycles. The summed E-state index contributed by atoms with van der Waals surface area (Å²) < 4.78 is 13.0. The molecule has 1 unspecified atom stereocenters. The average molecular weight is 257 g/mol. The number of pyridine rings is 1. The lowest BCUT2D eigenvalue weighted by Crippen LogP contribution is -2.10. The van der Waals surface area contributed by atoms with Crippen molar-refractivity contribution < 1.29 is 4.39 Å². The second-order valence-electron chi connectivity index (χ2n) is 5.22. The van der Waals surface area contributed by atoms with Crippen molar-refractivity contribution in [3.8, 4) is 0 Å². The molecule has 0 saturated heterocycles. The molecule has 19 heavy (non-hydrogen) atoms. The molecule has 100 valence electrons. The lowest BCUT2D eigenvalue weighted by molar-refractivity contribution is 0.549. The van der Waals surface area contributed by atoms with Crippen molar-refractivity contribution in [1.29, 1.82) is 0 Å². The van der Waals surface area contributed by atoms with Crippen molar-refractivity contribution in [1.82, 2.24) is 4.98 Å². The van der Waals surface area contributed by atoms with Gasteiger partial charge < -0.3 is 0 Å². The van der Waals surface area contributed by atoms with Crippen LogP contribution in [-0.2, 0) is 6.42 Å². The highest BCUT2D eigenvalue weighted by atomic mass is 19.1. The highest BCUT2D eigenvalue weighted by molar-refractivity contribution is 5.30. The van der Waals surface area contributed by atoms with Crippen LogP contribution in [0.25, 0.3) is 0 Å². The largest absolute Gasteiger partial charge is 0.260 e. The van der Waals surface area contributed by atoms with E-state index in [2.05, 4.69) is 37.9 Å². The number of aryl methyl sites for hydroxylation is 1. The van der Waals surface area contributed by atoms with Gasteiger partial charge in [0.1, 0.15) is 5.82 Å². The molecular formula is C17H20FN. The first-order chi connectivity index (χ1) is 9.11. The number of hydrogen-bond acceptors (Lipinski definition) is 1. The minimum atomic E-state index is -0.194. The molecule has 0 amide bonds. The summed E-state index contributed by atoms with van der Waals surface area (Å²) >= 11 is 0. The predicted molar refractivity (Wildman–Crippen MR) is 76.7 cm³/mol. The number of benzene rings is 1. The summed E-state index contributed by atoms with van der Waals surface area (Å²) in [5.74, 6) is 0.442. The zero-order valence-corrected chi connectivity index (χ0v) is 11.7. The van der Waals surface area contributed by atoms with Crippen molar-refractivity contribution in [3.63, 3.8) is 0 Å². The molecule has 0 aliphatic heterocycles. The zero-order chi connectivity index (χ0) is 13.8. The Morgan fingerprint density at radius 2 is 1.74 bits per heavy atom. The van der Waals surface area contributed by atoms with Crippen LogP contribution < -0.4 is 0 Å². The lowest BCUT2D eigenvalue weighted by Gasteiger charge is -2.21. The van der Waals surface area contributed by atoms with Gasteiger partial charge in [-0.2, -0.15) is 0 Å². The summed E-state index contributed by atoms with van der Waals surface area (Å²) in [7, 11) is 0. The van der Waals surface area contributed by atoms with Crippen molar-refractivity contribution in [2.24, 2.45) is 5.92 Å². The van der Waals surface area contributed by atoms with Gasteiger partial charge in [0.15, 0.2) is 0 Å². The fraction of sp³-hybridized carbons (Fsp3) is 0.353. The van der Waals surface area contributed by atoms with Crippen LogP contribution in [0.4, 0.5) is 4.39 Å². The summed E-state index contributed by atoms with van der Waals surface area (Å²) in [6.45, 7) is 6.46. The van der Waals surface area contributed by atoms with Gasteiger partial charge in [0, 0.05) is 17.8 Å². The van der Waals surface area contributed by atoms with Crippen LogP contribution in [-0.4, -0.2) is 4.98 Å². The lowest BCUT2D eigenvalue weighted by atomic mass is 9.85. The van der Waals surface area contributed by atoms with E-state index in [1.807, 2.05) is 18.3 Å². The summed E-state index contributed by atoms with van der Waals surface area (Å²) in [6.07, 6.45) is 2.93. The highest BCUT2D eigenvalue weighted by Gasteiger charge is 2.19. The van der Waals surface area contributed by atoms with Gasteiger partial charge in [0.25, 0.3) is 0 Å². The Bertz CT molecular complexity index is 514. The maximum absolute atomic E-state index is 13.0. The third-order valence-corrected chi connectivity index (χ3v) is 3.47. The molecule has 2 aromatic rings. The van der Waals surface area contributed by atoms with Gasteiger partial charge in [0.05, 0.1) is 0 Å². The van der Waals surface area contributed by atoms with Crippen LogP contribution in [0.1, 0.15) is 43.5 Å². The van der Waals surface area contributed by atoms with Gasteiger partial charge in [-0.05, 0) is 41.7 Å². The number of halogens is 1. The van der Waals surface area contributed by atoms with Crippen LogP contribution in [0.15, 0.2) is 42.6 Å². The number of rotatable bonds is 4. The molecule has 0 fully saturated rings. The molecule has 0 spiro atoms. The van der Waals surface area contributed by atoms with E-state index in [4.69, 9.17) is 0 Å². The van der Waals surface area contributed by atoms with E-state index in [1.54, 1.807) is 0 Å². The summed E-state index contributed by atoms with van der Waals surface area (Å²) in [5, 5.41) is 0. The second kappa shape index (κ2) is 5.96. The first kappa shape index (κ1) is 13.7. The first-order valence-corrected chi connectivity index (χ1v) is 6.82. The maximum Gasteiger partial charge on any atom is 0.123 e. The quantitative estimate of drug-likeness (QED) is 0.781. The molecule has 2 heteroatoms. The van der Waals surface area contributed by atoms with E-state index in [9.17, 15) is 4.39 Å². The van der Waals surface area contributed by atoms with E-state index >= 15 is 0 Å². The summed E-state index contributed by atoms with van der Waals surface area (Å²) in [6, 6.07) is 11.0. The highest BCUT2D eigenvalue weighted by Crippen LogP contribution is 2.30. The molecular weight excluding hydrogens is 237 g/mol. The minimum absolute atomic E-state index is 0.194. The third kappa shape index (κ3) is 3.19. The van der Waals surface area contributed by atoms with Crippen molar-refractivity contribution >= 4 is 0 Å². The number of nitrogens with zero attached hydrogens (tertiary/aromatic N) is 1. The number of hydrogen-bond donors (Lipinski definition) is 0. The summed E-state index contributed by atoms with van der Waals surface area (Å²) in [4.78, 5) is 4.58. The van der Waals surface area contributed by atoms with Gasteiger partial charge in [-0.25, -0.2) is 4.39 Å². The fourth-order valence-electron chi connectivity index (χ4n) is 2.40. The van der Waals surface area contributed by atoms with Crippen molar-refractivity contribution in [2.45, 2.75) is 33.1 Å². The van der Waals surface area contributed by atoms with Gasteiger partial charge in [-0.3, -0.25) is 4.98 Å². The summed E-state index contributed by atoms with van der Waals surface area (Å²) in [5.41, 5.74) is 3.41. The Hall–Kier alpha value is -1.70. The molecule has 0 N–H and O–H groups in total. The number of aromatic nitrogens is 1. The second-order valence-corrected chi connectivity index (χ2v) is 5.22. The Morgan fingerprint density at radius 3 is 2.21 bits per heavy atom. The molecule has 0 bridgehead atoms. The molecule has 0 aliphatic rings. The van der Waals surface area contributed by atoms with E-state index < -0.39 is 0 Å². The van der Waals surface area contributed by atoms with Gasteiger partial charge >= 0.3 is 0 Å². The van der Waals surface area contributed by atoms with Crippen LogP contribution in [0.5, 0.6) is 0 Å². The van der Waals surface area contributed by atoms with Crippen LogP contribution >= 0.6 is 0 Å². The van der Waals surface area contributed by atoms with E-state index in [1.165, 1.54) is 17.7 Å². The Labute approximate surface area is 114 Å². The predicted octanol–water partition coefficient (Wildman–Crippen LogP) is 4.57. The molecule has 2 rings (SSSR count). The molecule has 0 radical (unpaired) electrons. The topological polar surface area (TPSA) is 12.9 Å². The Balaban J connectivity index is 2.36. The average Bonchev–Trinajstić information content (AvgIpc) is 2.42. The standard InChI is InChI=1S/C17H20FN/c1-4-13-5-10-16(19-11-13)17(12(2)3)14-6-8-15(18)9-7-14/h5-12,17H,4H2,1-3H3. The van der Waals surface area contributed by atoms with Crippen LogP contribution in [0, 0.1) is 11.7 Å². The van der Waals surface area contributed by atoms with E-state index in [0.717, 1.165) is 17.7 Å². The molecule has 0 aliphatic carbocycles. The van der Waals surface area contributed by atoms with Gasteiger partial charge in [-0.15, -0.1) is 0 Å². The first-order valence-electron chi connectivity index (χ1n) is 6.82. The van der Waals surface area contributed by atoms with E-state index in [-0.39, 0.29) is 11.7 Å². The normalized spacial score (nSPS) is 12.7. The molecule has 1 aromatic carbocycles. The van der Waals surface area contributed by atoms with Crippen molar-refractivity contribution in [3.05, 3.63) is 65.2 Å². The minimum Gasteiger partial charge on any atom is -0.260 e. The van der Waals surface area contributed by atoms with Crippen molar-refractivity contribution in [2.75, 3.05) is 0 Å². The van der Waals surface area contributed by atoms with Gasteiger partial charge in [-0.1, -0.05) is 39.0 Å². The maximum atomic E-state index is 13.0. The zero-order valence-electron chi connectivity index (χ0n) is 11.7. The molecule has 1 aromatic heterocycles. The molecule has 1 atom stereocenters. The smallest absolute Gasteiger partial charge is 0.123 e. The van der Waals surface area contributed by atoms with E-state index in [0.29, 0.717) is 5.92 Å². The third-order valence-electron chi connectivity index (χ3n) is 3.47. The molecule has 1 nitrogen and oxygen atoms in total. The van der Waals surface area contributed by atoms with Gasteiger partial charge in [0.2, 0.25) is 0 Å².